The largest absolute Gasteiger partial charge is 0.484 e. The second-order valence-corrected chi connectivity index (χ2v) is 7.62. The van der Waals surface area contributed by atoms with Crippen LogP contribution < -0.4 is 15.0 Å². The maximum Gasteiger partial charge on any atom is 0.262 e. The van der Waals surface area contributed by atoms with E-state index in [9.17, 15) is 4.79 Å². The second kappa shape index (κ2) is 9.90. The third-order valence-corrected chi connectivity index (χ3v) is 5.27. The molecule has 2 aromatic carbocycles. The first kappa shape index (κ1) is 21.3. The number of ether oxygens (including phenoxy) is 1. The van der Waals surface area contributed by atoms with E-state index in [1.54, 1.807) is 24.3 Å². The van der Waals surface area contributed by atoms with E-state index in [0.29, 0.717) is 17.0 Å². The summed E-state index contributed by atoms with van der Waals surface area (Å²) in [6.45, 7) is 3.78. The predicted molar refractivity (Wildman–Crippen MR) is 122 cm³/mol. The van der Waals surface area contributed by atoms with Gasteiger partial charge in [-0.3, -0.25) is 4.79 Å². The van der Waals surface area contributed by atoms with Crippen molar-refractivity contribution in [3.8, 4) is 23.1 Å². The molecular formula is C24H24N6O2. The summed E-state index contributed by atoms with van der Waals surface area (Å²) in [4.78, 5) is 16.8. The Labute approximate surface area is 187 Å². The Morgan fingerprint density at radius 1 is 1.06 bits per heavy atom. The number of nitrogens with one attached hydrogen (secondary N) is 1. The standard InChI is InChI=1S/C24H24N6O2/c1-29-11-13-30(14-12-29)23-10-9-22(27-28-23)19-3-2-4-20(15-19)26-24(31)17-32-21-7-5-18(16-25)6-8-21/h2-10,15H,11-14,17H2,1H3,(H,26,31). The van der Waals surface area contributed by atoms with E-state index in [1.165, 1.54) is 0 Å². The Balaban J connectivity index is 1.35. The number of amides is 1. The Kier molecular flexibility index (Phi) is 6.58. The predicted octanol–water partition coefficient (Wildman–Crippen LogP) is 2.78. The third kappa shape index (κ3) is 5.39. The maximum atomic E-state index is 12.3. The molecule has 1 aromatic heterocycles. The van der Waals surface area contributed by atoms with Crippen molar-refractivity contribution in [2.24, 2.45) is 0 Å². The molecule has 2 heterocycles. The number of hydrogen-bond donors (Lipinski definition) is 1. The van der Waals surface area contributed by atoms with Crippen molar-refractivity contribution in [3.63, 3.8) is 0 Å². The number of benzene rings is 2. The summed E-state index contributed by atoms with van der Waals surface area (Å²) in [6, 6.07) is 20.1. The number of likely N-dealkylation sites (N-methyl/N-ethyl adjacent to an activating group) is 1. The van der Waals surface area contributed by atoms with E-state index >= 15 is 0 Å². The second-order valence-electron chi connectivity index (χ2n) is 7.62. The van der Waals surface area contributed by atoms with Crippen LogP contribution in [-0.4, -0.2) is 60.8 Å². The maximum absolute atomic E-state index is 12.3. The van der Waals surface area contributed by atoms with Crippen molar-refractivity contribution in [1.29, 1.82) is 5.26 Å². The SMILES string of the molecule is CN1CCN(c2ccc(-c3cccc(NC(=O)COc4ccc(C#N)cc4)c3)nn2)CC1. The van der Waals surface area contributed by atoms with Gasteiger partial charge in [0.25, 0.3) is 5.91 Å². The van der Waals surface area contributed by atoms with Gasteiger partial charge >= 0.3 is 0 Å². The molecule has 1 aliphatic heterocycles. The topological polar surface area (TPSA) is 94.4 Å². The first-order valence-electron chi connectivity index (χ1n) is 10.4. The number of carbonyl (C=O) groups excluding carboxylic acids is 1. The van der Waals surface area contributed by atoms with Crippen LogP contribution in [0.15, 0.2) is 60.7 Å². The van der Waals surface area contributed by atoms with Crippen LogP contribution in [0.5, 0.6) is 5.75 Å². The number of piperazine rings is 1. The van der Waals surface area contributed by atoms with Crippen LogP contribution in [0.1, 0.15) is 5.56 Å². The van der Waals surface area contributed by atoms with Crippen LogP contribution in [0.4, 0.5) is 11.5 Å². The zero-order valence-corrected chi connectivity index (χ0v) is 17.9. The van der Waals surface area contributed by atoms with Gasteiger partial charge in [-0.25, -0.2) is 0 Å². The van der Waals surface area contributed by atoms with E-state index in [-0.39, 0.29) is 12.5 Å². The van der Waals surface area contributed by atoms with Gasteiger partial charge in [-0.05, 0) is 55.6 Å². The molecule has 1 amide bonds. The molecule has 0 bridgehead atoms. The Bertz CT molecular complexity index is 1100. The van der Waals surface area contributed by atoms with Crippen molar-refractivity contribution in [3.05, 3.63) is 66.2 Å². The average molecular weight is 428 g/mol. The minimum atomic E-state index is -0.275. The van der Waals surface area contributed by atoms with Crippen molar-refractivity contribution >= 4 is 17.4 Å². The summed E-state index contributed by atoms with van der Waals surface area (Å²) in [7, 11) is 2.12. The number of nitriles is 1. The molecule has 162 valence electrons. The molecule has 0 atom stereocenters. The molecule has 0 aliphatic carbocycles. The molecule has 0 spiro atoms. The molecule has 4 rings (SSSR count). The van der Waals surface area contributed by atoms with Crippen LogP contribution in [-0.2, 0) is 4.79 Å². The molecule has 0 saturated carbocycles. The molecule has 32 heavy (non-hydrogen) atoms. The summed E-state index contributed by atoms with van der Waals surface area (Å²) < 4.78 is 5.48. The number of rotatable bonds is 6. The van der Waals surface area contributed by atoms with E-state index in [4.69, 9.17) is 10.00 Å². The van der Waals surface area contributed by atoms with Crippen LogP contribution in [0, 0.1) is 11.3 Å². The average Bonchev–Trinajstić information content (AvgIpc) is 2.84. The number of carbonyl (C=O) groups is 1. The fourth-order valence-electron chi connectivity index (χ4n) is 3.41. The van der Waals surface area contributed by atoms with Gasteiger partial charge in [0.2, 0.25) is 0 Å². The highest BCUT2D eigenvalue weighted by Gasteiger charge is 2.16. The molecule has 0 unspecified atom stereocenters. The lowest BCUT2D eigenvalue weighted by molar-refractivity contribution is -0.118. The van der Waals surface area contributed by atoms with Gasteiger partial charge in [-0.1, -0.05) is 12.1 Å². The van der Waals surface area contributed by atoms with Gasteiger partial charge in [-0.15, -0.1) is 10.2 Å². The lowest BCUT2D eigenvalue weighted by atomic mass is 10.1. The molecule has 1 fully saturated rings. The van der Waals surface area contributed by atoms with Crippen LogP contribution >= 0.6 is 0 Å². The van der Waals surface area contributed by atoms with Crippen LogP contribution in [0.3, 0.4) is 0 Å². The minimum Gasteiger partial charge on any atom is -0.484 e. The molecule has 1 N–H and O–H groups in total. The zero-order valence-electron chi connectivity index (χ0n) is 17.9. The number of anilines is 2. The summed E-state index contributed by atoms with van der Waals surface area (Å²) in [5.41, 5.74) is 2.81. The van der Waals surface area contributed by atoms with E-state index in [0.717, 1.165) is 43.3 Å². The highest BCUT2D eigenvalue weighted by atomic mass is 16.5. The molecule has 0 radical (unpaired) electrons. The fourth-order valence-corrected chi connectivity index (χ4v) is 3.41. The van der Waals surface area contributed by atoms with Gasteiger partial charge in [0.15, 0.2) is 12.4 Å². The zero-order chi connectivity index (χ0) is 22.3. The normalized spacial score (nSPS) is 13.9. The Morgan fingerprint density at radius 3 is 2.53 bits per heavy atom. The van der Waals surface area contributed by atoms with E-state index in [2.05, 4.69) is 32.4 Å². The molecule has 1 saturated heterocycles. The van der Waals surface area contributed by atoms with Crippen molar-refractivity contribution in [2.75, 3.05) is 50.1 Å². The first-order valence-corrected chi connectivity index (χ1v) is 10.4. The lowest BCUT2D eigenvalue weighted by Gasteiger charge is -2.32. The highest BCUT2D eigenvalue weighted by Crippen LogP contribution is 2.22. The monoisotopic (exact) mass is 428 g/mol. The number of aromatic nitrogens is 2. The van der Waals surface area contributed by atoms with E-state index in [1.807, 2.05) is 42.5 Å². The van der Waals surface area contributed by atoms with Gasteiger partial charge in [0.1, 0.15) is 5.75 Å². The summed E-state index contributed by atoms with van der Waals surface area (Å²) in [5.74, 6) is 1.14. The molecule has 3 aromatic rings. The highest BCUT2D eigenvalue weighted by molar-refractivity contribution is 5.92. The summed E-state index contributed by atoms with van der Waals surface area (Å²) in [6.07, 6.45) is 0. The van der Waals surface area contributed by atoms with Crippen LogP contribution in [0.25, 0.3) is 11.3 Å². The first-order chi connectivity index (χ1) is 15.6. The molecule has 8 nitrogen and oxygen atoms in total. The number of nitrogens with zero attached hydrogens (tertiary/aromatic N) is 5. The van der Waals surface area contributed by atoms with Crippen molar-refractivity contribution < 1.29 is 9.53 Å². The number of hydrogen-bond acceptors (Lipinski definition) is 7. The third-order valence-electron chi connectivity index (χ3n) is 5.27. The van der Waals surface area contributed by atoms with Gasteiger partial charge < -0.3 is 19.9 Å². The van der Waals surface area contributed by atoms with Crippen LogP contribution in [0.2, 0.25) is 0 Å². The fraction of sp³-hybridized carbons (Fsp3) is 0.250. The summed E-state index contributed by atoms with van der Waals surface area (Å²) >= 11 is 0. The van der Waals surface area contributed by atoms with Crippen molar-refractivity contribution in [2.45, 2.75) is 0 Å². The Morgan fingerprint density at radius 2 is 1.84 bits per heavy atom. The van der Waals surface area contributed by atoms with Gasteiger partial charge in [0.05, 0.1) is 17.3 Å². The molecule has 8 heteroatoms. The minimum absolute atomic E-state index is 0.129. The quantitative estimate of drug-likeness (QED) is 0.645. The summed E-state index contributed by atoms with van der Waals surface area (Å²) in [5, 5.41) is 20.5. The molecular weight excluding hydrogens is 404 g/mol. The van der Waals surface area contributed by atoms with Gasteiger partial charge in [0, 0.05) is 37.4 Å². The Hall–Kier alpha value is -3.96. The smallest absolute Gasteiger partial charge is 0.262 e. The van der Waals surface area contributed by atoms with Crippen molar-refractivity contribution in [1.82, 2.24) is 15.1 Å². The lowest BCUT2D eigenvalue weighted by Crippen LogP contribution is -2.44. The van der Waals surface area contributed by atoms with E-state index < -0.39 is 0 Å². The van der Waals surface area contributed by atoms with Gasteiger partial charge in [-0.2, -0.15) is 5.26 Å². The molecule has 1 aliphatic rings.